The molecule has 18 heavy (non-hydrogen) atoms. The number of nitrogens with zero attached hydrogens (tertiary/aromatic N) is 3. The van der Waals surface area contributed by atoms with E-state index in [0.717, 1.165) is 18.1 Å². The average Bonchev–Trinajstić information content (AvgIpc) is 2.79. The van der Waals surface area contributed by atoms with Crippen molar-refractivity contribution in [3.05, 3.63) is 23.9 Å². The van der Waals surface area contributed by atoms with Gasteiger partial charge in [0.1, 0.15) is 0 Å². The Kier molecular flexibility index (Phi) is 3.65. The molecule has 1 unspecified atom stereocenters. The minimum atomic E-state index is 0.678. The molecule has 2 aromatic rings. The molecule has 1 aliphatic rings. The predicted molar refractivity (Wildman–Crippen MR) is 79.8 cm³/mol. The zero-order valence-electron chi connectivity index (χ0n) is 10.3. The highest BCUT2D eigenvalue weighted by atomic mass is 32.2. The molecule has 0 radical (unpaired) electrons. The number of fused-ring (bicyclic) bond motifs is 1. The van der Waals surface area contributed by atoms with E-state index in [0.29, 0.717) is 5.25 Å². The molecule has 1 fully saturated rings. The molecular weight excluding hydrogens is 264 g/mol. The molecule has 0 bridgehead atoms. The Bertz CT molecular complexity index is 534. The van der Waals surface area contributed by atoms with Crippen LogP contribution in [0.4, 0.5) is 5.95 Å². The minimum Gasteiger partial charge on any atom is -0.352 e. The Morgan fingerprint density at radius 1 is 1.50 bits per heavy atom. The van der Waals surface area contributed by atoms with Gasteiger partial charge in [-0.3, -0.25) is 0 Å². The van der Waals surface area contributed by atoms with Crippen molar-refractivity contribution >= 4 is 35.1 Å². The number of hydrogen-bond donors (Lipinski definition) is 1. The van der Waals surface area contributed by atoms with E-state index < -0.39 is 0 Å². The fourth-order valence-electron chi connectivity index (χ4n) is 1.92. The largest absolute Gasteiger partial charge is 0.352 e. The molecule has 0 aromatic carbocycles. The maximum Gasteiger partial charge on any atom is 0.243 e. The number of nitrogens with one attached hydrogen (secondary N) is 1. The molecule has 1 atom stereocenters. The summed E-state index contributed by atoms with van der Waals surface area (Å²) in [6.07, 6.45) is 1.95. The van der Waals surface area contributed by atoms with Gasteiger partial charge in [0.05, 0.1) is 0 Å². The number of aromatic nitrogens is 3. The Labute approximate surface area is 115 Å². The number of aryl methyl sites for hydroxylation is 1. The van der Waals surface area contributed by atoms with Crippen molar-refractivity contribution < 1.29 is 0 Å². The fraction of sp³-hybridized carbons (Fsp3) is 0.500. The molecule has 0 saturated carbocycles. The quantitative estimate of drug-likeness (QED) is 0.934. The van der Waals surface area contributed by atoms with E-state index in [1.54, 1.807) is 0 Å². The molecule has 3 heterocycles. The Balaban J connectivity index is 1.67. The summed E-state index contributed by atoms with van der Waals surface area (Å²) < 4.78 is 1.82. The number of hydrogen-bond acceptors (Lipinski definition) is 5. The van der Waals surface area contributed by atoms with E-state index in [4.69, 9.17) is 0 Å². The molecule has 0 amide bonds. The second kappa shape index (κ2) is 5.40. The highest BCUT2D eigenvalue weighted by molar-refractivity contribution is 8.06. The van der Waals surface area contributed by atoms with Crippen LogP contribution in [0.2, 0.25) is 0 Å². The number of rotatable bonds is 3. The summed E-state index contributed by atoms with van der Waals surface area (Å²) in [6, 6.07) is 4.09. The molecule has 3 rings (SSSR count). The van der Waals surface area contributed by atoms with E-state index in [1.165, 1.54) is 22.8 Å². The van der Waals surface area contributed by atoms with Crippen LogP contribution in [0.3, 0.4) is 0 Å². The van der Waals surface area contributed by atoms with Gasteiger partial charge in [-0.1, -0.05) is 0 Å². The van der Waals surface area contributed by atoms with Crippen LogP contribution in [0.15, 0.2) is 18.3 Å². The van der Waals surface area contributed by atoms with Crippen molar-refractivity contribution in [2.75, 3.05) is 29.1 Å². The van der Waals surface area contributed by atoms with Crippen molar-refractivity contribution in [3.63, 3.8) is 0 Å². The van der Waals surface area contributed by atoms with E-state index in [-0.39, 0.29) is 0 Å². The van der Waals surface area contributed by atoms with Crippen LogP contribution in [0.25, 0.3) is 5.65 Å². The van der Waals surface area contributed by atoms with Gasteiger partial charge in [0.25, 0.3) is 0 Å². The van der Waals surface area contributed by atoms with Gasteiger partial charge in [-0.15, -0.1) is 5.10 Å². The molecule has 1 saturated heterocycles. The summed E-state index contributed by atoms with van der Waals surface area (Å²) in [6.45, 7) is 3.02. The molecule has 2 aromatic heterocycles. The predicted octanol–water partition coefficient (Wildman–Crippen LogP) is 2.30. The highest BCUT2D eigenvalue weighted by Gasteiger charge is 2.14. The van der Waals surface area contributed by atoms with Crippen molar-refractivity contribution in [1.29, 1.82) is 0 Å². The molecular formula is C12H16N4S2. The molecule has 0 spiro atoms. The van der Waals surface area contributed by atoms with Gasteiger partial charge in [0.15, 0.2) is 5.65 Å². The first-order valence-electron chi connectivity index (χ1n) is 6.07. The third-order valence-electron chi connectivity index (χ3n) is 2.87. The summed E-state index contributed by atoms with van der Waals surface area (Å²) in [5, 5.41) is 8.44. The van der Waals surface area contributed by atoms with Crippen molar-refractivity contribution in [2.45, 2.75) is 12.2 Å². The van der Waals surface area contributed by atoms with Gasteiger partial charge >= 0.3 is 0 Å². The summed E-state index contributed by atoms with van der Waals surface area (Å²) in [5.41, 5.74) is 2.11. The summed E-state index contributed by atoms with van der Waals surface area (Å²) in [7, 11) is 0. The molecule has 1 aliphatic heterocycles. The van der Waals surface area contributed by atoms with Gasteiger partial charge in [0.2, 0.25) is 5.95 Å². The van der Waals surface area contributed by atoms with Crippen LogP contribution in [0, 0.1) is 6.92 Å². The summed E-state index contributed by atoms with van der Waals surface area (Å²) in [4.78, 5) is 4.48. The minimum absolute atomic E-state index is 0.678. The Morgan fingerprint density at radius 2 is 2.44 bits per heavy atom. The van der Waals surface area contributed by atoms with Crippen LogP contribution in [-0.2, 0) is 0 Å². The lowest BCUT2D eigenvalue weighted by Crippen LogP contribution is -2.23. The lowest BCUT2D eigenvalue weighted by molar-refractivity contribution is 0.932. The Morgan fingerprint density at radius 3 is 3.28 bits per heavy atom. The van der Waals surface area contributed by atoms with E-state index in [9.17, 15) is 0 Å². The van der Waals surface area contributed by atoms with Crippen LogP contribution in [-0.4, -0.2) is 43.7 Å². The van der Waals surface area contributed by atoms with Gasteiger partial charge in [-0.25, -0.2) is 4.52 Å². The summed E-state index contributed by atoms with van der Waals surface area (Å²) in [5.74, 6) is 4.50. The Hall–Kier alpha value is -0.880. The second-order valence-electron chi connectivity index (χ2n) is 4.39. The number of anilines is 1. The van der Waals surface area contributed by atoms with Crippen LogP contribution < -0.4 is 5.32 Å². The first-order chi connectivity index (χ1) is 8.81. The monoisotopic (exact) mass is 280 g/mol. The lowest BCUT2D eigenvalue weighted by Gasteiger charge is -2.20. The standard InChI is InChI=1S/C12H16N4S2/c1-9-2-3-16-11(6-9)14-12(15-16)13-7-10-8-17-4-5-18-10/h2-3,6,10H,4-5,7-8H2,1H3,(H,13,15). The SMILES string of the molecule is Cc1ccn2nc(NCC3CSCCS3)nc2c1. The van der Waals surface area contributed by atoms with Gasteiger partial charge in [-0.2, -0.15) is 28.5 Å². The van der Waals surface area contributed by atoms with E-state index in [2.05, 4.69) is 22.3 Å². The zero-order valence-corrected chi connectivity index (χ0v) is 11.9. The van der Waals surface area contributed by atoms with E-state index >= 15 is 0 Å². The van der Waals surface area contributed by atoms with Gasteiger partial charge in [0, 0.05) is 35.3 Å². The van der Waals surface area contributed by atoms with Crippen molar-refractivity contribution in [2.24, 2.45) is 0 Å². The molecule has 1 N–H and O–H groups in total. The lowest BCUT2D eigenvalue weighted by atomic mass is 10.3. The molecule has 0 aliphatic carbocycles. The zero-order chi connectivity index (χ0) is 12.4. The number of pyridine rings is 1. The van der Waals surface area contributed by atoms with Crippen LogP contribution in [0.1, 0.15) is 5.56 Å². The normalized spacial score (nSPS) is 20.2. The summed E-state index contributed by atoms with van der Waals surface area (Å²) >= 11 is 4.08. The molecule has 6 heteroatoms. The molecule has 96 valence electrons. The third-order valence-corrected chi connectivity index (χ3v) is 5.71. The van der Waals surface area contributed by atoms with Crippen molar-refractivity contribution in [1.82, 2.24) is 14.6 Å². The smallest absolute Gasteiger partial charge is 0.243 e. The molecule has 4 nitrogen and oxygen atoms in total. The third kappa shape index (κ3) is 2.75. The second-order valence-corrected chi connectivity index (χ2v) is 6.95. The number of thioether (sulfide) groups is 2. The van der Waals surface area contributed by atoms with Gasteiger partial charge < -0.3 is 5.32 Å². The fourth-order valence-corrected chi connectivity index (χ4v) is 4.53. The van der Waals surface area contributed by atoms with Crippen LogP contribution in [0.5, 0.6) is 0 Å². The first-order valence-corrected chi connectivity index (χ1v) is 8.28. The van der Waals surface area contributed by atoms with E-state index in [1.807, 2.05) is 46.4 Å². The average molecular weight is 280 g/mol. The topological polar surface area (TPSA) is 42.2 Å². The van der Waals surface area contributed by atoms with Crippen LogP contribution >= 0.6 is 23.5 Å². The van der Waals surface area contributed by atoms with Gasteiger partial charge in [-0.05, 0) is 24.6 Å². The van der Waals surface area contributed by atoms with Crippen molar-refractivity contribution in [3.8, 4) is 0 Å². The highest BCUT2D eigenvalue weighted by Crippen LogP contribution is 2.23. The maximum atomic E-state index is 4.48. The maximum absolute atomic E-state index is 4.48. The first kappa shape index (κ1) is 12.2.